The minimum Gasteiger partial charge on any atom is -0.497 e. The van der Waals surface area contributed by atoms with Crippen LogP contribution in [0.4, 0.5) is 11.5 Å². The number of amides is 1. The number of hydrogen-bond acceptors (Lipinski definition) is 7. The van der Waals surface area contributed by atoms with Crippen molar-refractivity contribution in [2.75, 3.05) is 43.5 Å². The van der Waals surface area contributed by atoms with Crippen LogP contribution in [0.15, 0.2) is 34.2 Å². The average Bonchev–Trinajstić information content (AvgIpc) is 2.71. The number of H-pyrrole nitrogens is 1. The summed E-state index contributed by atoms with van der Waals surface area (Å²) in [7, 11) is 1.55. The zero-order valence-corrected chi connectivity index (χ0v) is 16.7. The van der Waals surface area contributed by atoms with Crippen LogP contribution in [0.3, 0.4) is 0 Å². The Labute approximate surface area is 167 Å². The number of rotatable bonds is 7. The van der Waals surface area contributed by atoms with Gasteiger partial charge in [-0.25, -0.2) is 4.98 Å². The fraction of sp³-hybridized carbons (Fsp3) is 0.421. The van der Waals surface area contributed by atoms with Crippen molar-refractivity contribution in [1.29, 1.82) is 0 Å². The summed E-state index contributed by atoms with van der Waals surface area (Å²) in [6.07, 6.45) is 3.79. The van der Waals surface area contributed by atoms with E-state index in [2.05, 4.69) is 20.2 Å². The number of nitrogens with one attached hydrogen (secondary N) is 2. The third kappa shape index (κ3) is 5.26. The number of aromatic amines is 1. The highest BCUT2D eigenvalue weighted by molar-refractivity contribution is 7.99. The van der Waals surface area contributed by atoms with Gasteiger partial charge in [-0.05, 0) is 50.2 Å². The Kier molecular flexibility index (Phi) is 6.94. The number of ether oxygens (including phenoxy) is 1. The molecular formula is C19H25N5O3S. The minimum absolute atomic E-state index is 0.00563. The van der Waals surface area contributed by atoms with Gasteiger partial charge in [0.25, 0.3) is 11.5 Å². The van der Waals surface area contributed by atoms with Crippen LogP contribution in [0.25, 0.3) is 0 Å². The molecule has 0 unspecified atom stereocenters. The number of hydrogen-bond donors (Lipinski definition) is 3. The molecule has 1 aromatic carbocycles. The smallest absolute Gasteiger partial charge is 0.277 e. The molecule has 1 aromatic heterocycles. The van der Waals surface area contributed by atoms with Crippen LogP contribution in [0.2, 0.25) is 0 Å². The van der Waals surface area contributed by atoms with Crippen LogP contribution in [-0.4, -0.2) is 53.3 Å². The third-order valence-corrected chi connectivity index (χ3v) is 5.46. The van der Waals surface area contributed by atoms with Crippen molar-refractivity contribution in [2.24, 2.45) is 0 Å². The number of carbonyl (C=O) groups is 1. The maximum Gasteiger partial charge on any atom is 0.277 e. The highest BCUT2D eigenvalue weighted by atomic mass is 32.2. The van der Waals surface area contributed by atoms with Gasteiger partial charge in [-0.1, -0.05) is 18.2 Å². The van der Waals surface area contributed by atoms with E-state index in [1.807, 2.05) is 0 Å². The number of likely N-dealkylation sites (tertiary alicyclic amines) is 1. The Bertz CT molecular complexity index is 863. The van der Waals surface area contributed by atoms with Crippen molar-refractivity contribution in [2.45, 2.75) is 24.4 Å². The molecule has 0 atom stereocenters. The molecule has 1 aliphatic heterocycles. The first kappa shape index (κ1) is 20.2. The normalized spacial score (nSPS) is 14.6. The van der Waals surface area contributed by atoms with Crippen LogP contribution in [0.1, 0.15) is 29.6 Å². The molecule has 1 fully saturated rings. The number of benzene rings is 1. The molecule has 4 N–H and O–H groups in total. The number of nitrogens with zero attached hydrogens (tertiary/aromatic N) is 2. The van der Waals surface area contributed by atoms with E-state index in [4.69, 9.17) is 10.5 Å². The molecule has 1 amide bonds. The van der Waals surface area contributed by atoms with Gasteiger partial charge in [-0.3, -0.25) is 14.6 Å². The second kappa shape index (κ2) is 9.61. The van der Waals surface area contributed by atoms with Crippen molar-refractivity contribution >= 4 is 29.2 Å². The molecule has 9 heteroatoms. The van der Waals surface area contributed by atoms with Crippen LogP contribution in [0, 0.1) is 0 Å². The number of thioether (sulfide) groups is 1. The predicted octanol–water partition coefficient (Wildman–Crippen LogP) is 2.19. The molecule has 2 aromatic rings. The van der Waals surface area contributed by atoms with Crippen LogP contribution in [0.5, 0.6) is 5.75 Å². The molecule has 150 valence electrons. The van der Waals surface area contributed by atoms with E-state index in [0.717, 1.165) is 25.4 Å². The van der Waals surface area contributed by atoms with Gasteiger partial charge in [0, 0.05) is 17.9 Å². The summed E-state index contributed by atoms with van der Waals surface area (Å²) in [6, 6.07) is 6.55. The number of nitrogen functional groups attached to an aromatic ring is 1. The molecule has 0 spiro atoms. The third-order valence-electron chi connectivity index (χ3n) is 4.61. The molecule has 0 aliphatic carbocycles. The molecule has 1 saturated heterocycles. The number of anilines is 2. The highest BCUT2D eigenvalue weighted by Gasteiger charge is 2.15. The van der Waals surface area contributed by atoms with Crippen LogP contribution in [-0.2, 0) is 0 Å². The van der Waals surface area contributed by atoms with Crippen LogP contribution >= 0.6 is 11.8 Å². The molecular weight excluding hydrogens is 378 g/mol. The number of nitrogens with two attached hydrogens (primary N) is 1. The number of carbonyl (C=O) groups excluding carboxylic acids is 1. The summed E-state index contributed by atoms with van der Waals surface area (Å²) in [6.45, 7) is 3.20. The van der Waals surface area contributed by atoms with Crippen molar-refractivity contribution in [3.05, 3.63) is 40.2 Å². The Morgan fingerprint density at radius 3 is 2.64 bits per heavy atom. The lowest BCUT2D eigenvalue weighted by atomic mass is 10.1. The van der Waals surface area contributed by atoms with E-state index >= 15 is 0 Å². The molecule has 2 heterocycles. The fourth-order valence-electron chi connectivity index (χ4n) is 3.04. The summed E-state index contributed by atoms with van der Waals surface area (Å²) in [5, 5.41) is 3.00. The van der Waals surface area contributed by atoms with Gasteiger partial charge in [-0.2, -0.15) is 0 Å². The predicted molar refractivity (Wildman–Crippen MR) is 111 cm³/mol. The Morgan fingerprint density at radius 1 is 1.29 bits per heavy atom. The van der Waals surface area contributed by atoms with Crippen molar-refractivity contribution in [3.8, 4) is 5.75 Å². The molecule has 0 radical (unpaired) electrons. The molecule has 0 bridgehead atoms. The van der Waals surface area contributed by atoms with E-state index in [9.17, 15) is 9.59 Å². The Hall–Kier alpha value is -2.52. The van der Waals surface area contributed by atoms with Crippen molar-refractivity contribution < 1.29 is 9.53 Å². The molecule has 3 rings (SSSR count). The topological polar surface area (TPSA) is 113 Å². The summed E-state index contributed by atoms with van der Waals surface area (Å²) in [5.41, 5.74) is 5.80. The maximum absolute atomic E-state index is 12.4. The van der Waals surface area contributed by atoms with Crippen molar-refractivity contribution in [3.63, 3.8) is 0 Å². The second-order valence-electron chi connectivity index (χ2n) is 6.56. The lowest BCUT2D eigenvalue weighted by Gasteiger charge is -2.25. The summed E-state index contributed by atoms with van der Waals surface area (Å²) in [5.74, 6) is 1.03. The second-order valence-corrected chi connectivity index (χ2v) is 7.65. The molecule has 1 aliphatic rings. The van der Waals surface area contributed by atoms with E-state index in [1.54, 1.807) is 31.4 Å². The lowest BCUT2D eigenvalue weighted by molar-refractivity contribution is 0.102. The highest BCUT2D eigenvalue weighted by Crippen LogP contribution is 2.19. The van der Waals surface area contributed by atoms with Crippen molar-refractivity contribution in [1.82, 2.24) is 14.9 Å². The minimum atomic E-state index is -0.463. The average molecular weight is 404 g/mol. The Morgan fingerprint density at radius 2 is 2.00 bits per heavy atom. The first-order valence-electron chi connectivity index (χ1n) is 9.27. The molecule has 0 saturated carbocycles. The zero-order valence-electron chi connectivity index (χ0n) is 15.9. The molecule has 8 nitrogen and oxygen atoms in total. The van der Waals surface area contributed by atoms with Gasteiger partial charge in [0.15, 0.2) is 11.0 Å². The SMILES string of the molecule is COc1ccc(C(=O)Nc2c(N)nc(SCCN3CCCCC3)[nH]c2=O)cc1. The summed E-state index contributed by atoms with van der Waals surface area (Å²) in [4.78, 5) is 34.0. The fourth-order valence-corrected chi connectivity index (χ4v) is 3.91. The van der Waals surface area contributed by atoms with E-state index in [0.29, 0.717) is 16.5 Å². The van der Waals surface area contributed by atoms with E-state index in [1.165, 1.54) is 31.0 Å². The number of methoxy groups -OCH3 is 1. The first-order valence-corrected chi connectivity index (χ1v) is 10.3. The monoisotopic (exact) mass is 403 g/mol. The summed E-state index contributed by atoms with van der Waals surface area (Å²) < 4.78 is 5.07. The molecule has 28 heavy (non-hydrogen) atoms. The quantitative estimate of drug-likeness (QED) is 0.480. The van der Waals surface area contributed by atoms with Gasteiger partial charge in [-0.15, -0.1) is 0 Å². The van der Waals surface area contributed by atoms with E-state index in [-0.39, 0.29) is 11.5 Å². The van der Waals surface area contributed by atoms with E-state index < -0.39 is 11.5 Å². The number of piperidine rings is 1. The van der Waals surface area contributed by atoms with Gasteiger partial charge in [0.1, 0.15) is 11.4 Å². The van der Waals surface area contributed by atoms with Gasteiger partial charge in [0.2, 0.25) is 0 Å². The summed E-state index contributed by atoms with van der Waals surface area (Å²) >= 11 is 1.46. The maximum atomic E-state index is 12.4. The Balaban J connectivity index is 1.60. The standard InChI is InChI=1S/C19H25N5O3S/c1-27-14-7-5-13(6-8-14)17(25)21-15-16(20)22-19(23-18(15)26)28-12-11-24-9-3-2-4-10-24/h5-8H,2-4,9-12H2,1H3,(H,21,25)(H3,20,22,23,26). The zero-order chi connectivity index (χ0) is 19.9. The van der Waals surface area contributed by atoms with Gasteiger partial charge >= 0.3 is 0 Å². The van der Waals surface area contributed by atoms with Gasteiger partial charge < -0.3 is 20.7 Å². The number of aromatic nitrogens is 2. The first-order chi connectivity index (χ1) is 13.6. The largest absolute Gasteiger partial charge is 0.497 e. The van der Waals surface area contributed by atoms with Crippen LogP contribution < -0.4 is 21.3 Å². The van der Waals surface area contributed by atoms with Gasteiger partial charge in [0.05, 0.1) is 7.11 Å². The lowest BCUT2D eigenvalue weighted by Crippen LogP contribution is -2.31.